The molecular weight excluding hydrogens is 386 g/mol. The van der Waals surface area contributed by atoms with Crippen LogP contribution >= 0.6 is 23.8 Å². The molecule has 0 bridgehead atoms. The Bertz CT molecular complexity index is 907. The van der Waals surface area contributed by atoms with Crippen LogP contribution in [0.3, 0.4) is 0 Å². The van der Waals surface area contributed by atoms with E-state index in [2.05, 4.69) is 21.3 Å². The molecule has 1 aromatic carbocycles. The highest BCUT2D eigenvalue weighted by Crippen LogP contribution is 2.17. The first-order valence-corrected chi connectivity index (χ1v) is 9.46. The molecule has 2 aromatic rings. The second-order valence-corrected chi connectivity index (χ2v) is 7.27. The van der Waals surface area contributed by atoms with Crippen molar-refractivity contribution in [2.45, 2.75) is 38.6 Å². The van der Waals surface area contributed by atoms with Crippen LogP contribution in [0.4, 0.5) is 0 Å². The van der Waals surface area contributed by atoms with Crippen LogP contribution in [0.5, 0.6) is 0 Å². The number of hydrazine groups is 1. The van der Waals surface area contributed by atoms with Crippen molar-refractivity contribution in [2.75, 3.05) is 0 Å². The summed E-state index contributed by atoms with van der Waals surface area (Å²) in [6, 6.07) is 8.63. The normalized spacial score (nSPS) is 14.0. The average molecular weight is 406 g/mol. The SMILES string of the molecule is Cc1cc(=O)c(C(=O)NNC(=S)NC2CCCC2)nn1-c1ccc(Cl)cc1. The molecule has 1 heterocycles. The fourth-order valence-electron chi connectivity index (χ4n) is 3.01. The second kappa shape index (κ2) is 8.49. The van der Waals surface area contributed by atoms with E-state index in [1.54, 1.807) is 31.2 Å². The van der Waals surface area contributed by atoms with Crippen LogP contribution in [-0.4, -0.2) is 26.8 Å². The molecule has 1 fully saturated rings. The van der Waals surface area contributed by atoms with Gasteiger partial charge in [0.2, 0.25) is 5.43 Å². The fraction of sp³-hybridized carbons (Fsp3) is 0.333. The van der Waals surface area contributed by atoms with Gasteiger partial charge in [-0.1, -0.05) is 24.4 Å². The molecular formula is C18H20ClN5O2S. The van der Waals surface area contributed by atoms with Gasteiger partial charge in [0.1, 0.15) is 0 Å². The van der Waals surface area contributed by atoms with E-state index in [-0.39, 0.29) is 5.69 Å². The third-order valence-electron chi connectivity index (χ3n) is 4.37. The van der Waals surface area contributed by atoms with Gasteiger partial charge in [0.25, 0.3) is 5.91 Å². The third kappa shape index (κ3) is 4.84. The summed E-state index contributed by atoms with van der Waals surface area (Å²) in [5.41, 5.74) is 5.66. The van der Waals surface area contributed by atoms with Crippen molar-refractivity contribution in [1.29, 1.82) is 0 Å². The maximum absolute atomic E-state index is 12.4. The molecule has 1 aliphatic carbocycles. The van der Waals surface area contributed by atoms with E-state index >= 15 is 0 Å². The monoisotopic (exact) mass is 405 g/mol. The van der Waals surface area contributed by atoms with E-state index < -0.39 is 11.3 Å². The molecule has 1 aromatic heterocycles. The van der Waals surface area contributed by atoms with Crippen LogP contribution in [0.1, 0.15) is 41.9 Å². The number of benzene rings is 1. The van der Waals surface area contributed by atoms with Gasteiger partial charge in [0.15, 0.2) is 10.8 Å². The highest BCUT2D eigenvalue weighted by atomic mass is 35.5. The van der Waals surface area contributed by atoms with E-state index in [4.69, 9.17) is 23.8 Å². The van der Waals surface area contributed by atoms with Crippen molar-refractivity contribution >= 4 is 34.8 Å². The number of amides is 1. The third-order valence-corrected chi connectivity index (χ3v) is 4.85. The zero-order chi connectivity index (χ0) is 19.4. The minimum Gasteiger partial charge on any atom is -0.359 e. The number of thiocarbonyl (C=S) groups is 1. The lowest BCUT2D eigenvalue weighted by Gasteiger charge is -2.16. The largest absolute Gasteiger partial charge is 0.359 e. The molecule has 0 unspecified atom stereocenters. The number of aromatic nitrogens is 2. The Labute approximate surface area is 167 Å². The molecule has 9 heteroatoms. The van der Waals surface area contributed by atoms with Crippen LogP contribution in [0.15, 0.2) is 35.1 Å². The Morgan fingerprint density at radius 1 is 1.22 bits per heavy atom. The number of nitrogens with one attached hydrogen (secondary N) is 3. The number of hydrogen-bond acceptors (Lipinski definition) is 4. The zero-order valence-corrected chi connectivity index (χ0v) is 16.4. The van der Waals surface area contributed by atoms with Crippen molar-refractivity contribution in [3.05, 3.63) is 57.0 Å². The Kier molecular flexibility index (Phi) is 6.08. The van der Waals surface area contributed by atoms with E-state index in [1.807, 2.05) is 0 Å². The minimum absolute atomic E-state index is 0.230. The molecule has 0 atom stereocenters. The number of carbonyl (C=O) groups is 1. The fourth-order valence-corrected chi connectivity index (χ4v) is 3.36. The maximum Gasteiger partial charge on any atom is 0.294 e. The quantitative estimate of drug-likeness (QED) is 0.536. The lowest BCUT2D eigenvalue weighted by molar-refractivity contribution is 0.0935. The molecule has 3 N–H and O–H groups in total. The average Bonchev–Trinajstić information content (AvgIpc) is 3.14. The highest BCUT2D eigenvalue weighted by Gasteiger charge is 2.18. The van der Waals surface area contributed by atoms with Crippen LogP contribution in [0, 0.1) is 6.92 Å². The Balaban J connectivity index is 1.72. The van der Waals surface area contributed by atoms with Crippen LogP contribution in [-0.2, 0) is 0 Å². The van der Waals surface area contributed by atoms with E-state index in [0.717, 1.165) is 12.8 Å². The predicted molar refractivity (Wildman–Crippen MR) is 108 cm³/mol. The number of carbonyl (C=O) groups excluding carboxylic acids is 1. The first kappa shape index (κ1) is 19.3. The number of halogens is 1. The van der Waals surface area contributed by atoms with Crippen molar-refractivity contribution in [2.24, 2.45) is 0 Å². The summed E-state index contributed by atoms with van der Waals surface area (Å²) in [6.07, 6.45) is 4.45. The van der Waals surface area contributed by atoms with E-state index in [1.165, 1.54) is 23.6 Å². The van der Waals surface area contributed by atoms with Crippen LogP contribution in [0.25, 0.3) is 5.69 Å². The number of nitrogens with zero attached hydrogens (tertiary/aromatic N) is 2. The molecule has 1 aliphatic rings. The molecule has 1 amide bonds. The van der Waals surface area contributed by atoms with Gasteiger partial charge in [-0.15, -0.1) is 0 Å². The van der Waals surface area contributed by atoms with Crippen molar-refractivity contribution in [1.82, 2.24) is 25.9 Å². The number of rotatable bonds is 3. The molecule has 0 spiro atoms. The molecule has 7 nitrogen and oxygen atoms in total. The second-order valence-electron chi connectivity index (χ2n) is 6.42. The van der Waals surface area contributed by atoms with Gasteiger partial charge in [0, 0.05) is 22.8 Å². The number of aryl methyl sites for hydroxylation is 1. The summed E-state index contributed by atoms with van der Waals surface area (Å²) in [4.78, 5) is 24.6. The molecule has 0 aliphatic heterocycles. The minimum atomic E-state index is -0.654. The first-order valence-electron chi connectivity index (χ1n) is 8.68. The number of hydrogen-bond donors (Lipinski definition) is 3. The summed E-state index contributed by atoms with van der Waals surface area (Å²) >= 11 is 11.1. The van der Waals surface area contributed by atoms with Gasteiger partial charge in [0.05, 0.1) is 5.69 Å². The maximum atomic E-state index is 12.4. The zero-order valence-electron chi connectivity index (χ0n) is 14.8. The first-order chi connectivity index (χ1) is 12.9. The Morgan fingerprint density at radius 2 is 1.89 bits per heavy atom. The molecule has 3 rings (SSSR count). The van der Waals surface area contributed by atoms with Gasteiger partial charge in [-0.2, -0.15) is 5.10 Å². The molecule has 0 saturated heterocycles. The Morgan fingerprint density at radius 3 is 2.56 bits per heavy atom. The summed E-state index contributed by atoms with van der Waals surface area (Å²) in [5.74, 6) is -0.654. The van der Waals surface area contributed by atoms with Crippen molar-refractivity contribution in [3.8, 4) is 5.69 Å². The van der Waals surface area contributed by atoms with Gasteiger partial charge in [-0.25, -0.2) is 4.68 Å². The van der Waals surface area contributed by atoms with Crippen LogP contribution in [0.2, 0.25) is 5.02 Å². The Hall–Kier alpha value is -2.45. The topological polar surface area (TPSA) is 88.1 Å². The lowest BCUT2D eigenvalue weighted by Crippen LogP contribution is -2.50. The lowest BCUT2D eigenvalue weighted by atomic mass is 10.2. The van der Waals surface area contributed by atoms with Crippen molar-refractivity contribution < 1.29 is 4.79 Å². The molecule has 142 valence electrons. The van der Waals surface area contributed by atoms with Gasteiger partial charge in [-0.05, 0) is 56.2 Å². The van der Waals surface area contributed by atoms with Gasteiger partial charge < -0.3 is 5.32 Å². The van der Waals surface area contributed by atoms with Crippen LogP contribution < -0.4 is 21.6 Å². The summed E-state index contributed by atoms with van der Waals surface area (Å²) in [5, 5.41) is 8.25. The molecule has 1 saturated carbocycles. The predicted octanol–water partition coefficient (Wildman–Crippen LogP) is 2.25. The van der Waals surface area contributed by atoms with E-state index in [9.17, 15) is 9.59 Å². The highest BCUT2D eigenvalue weighted by molar-refractivity contribution is 7.80. The van der Waals surface area contributed by atoms with Crippen molar-refractivity contribution in [3.63, 3.8) is 0 Å². The molecule has 0 radical (unpaired) electrons. The van der Waals surface area contributed by atoms with E-state index in [0.29, 0.717) is 27.6 Å². The van der Waals surface area contributed by atoms with Gasteiger partial charge >= 0.3 is 0 Å². The summed E-state index contributed by atoms with van der Waals surface area (Å²) in [7, 11) is 0. The standard InChI is InChI=1S/C18H20ClN5O2S/c1-11-10-15(25)16(23-24(11)14-8-6-12(19)7-9-14)17(26)21-22-18(27)20-13-4-2-3-5-13/h6-10,13H,2-5H2,1H3,(H,21,26)(H2,20,22,27). The molecule has 27 heavy (non-hydrogen) atoms. The summed E-state index contributed by atoms with van der Waals surface area (Å²) < 4.78 is 1.52. The van der Waals surface area contributed by atoms with Gasteiger partial charge in [-0.3, -0.25) is 20.4 Å². The summed E-state index contributed by atoms with van der Waals surface area (Å²) in [6.45, 7) is 1.74. The smallest absolute Gasteiger partial charge is 0.294 e.